The molecule has 2 aromatic rings. The molecule has 2 nitrogen and oxygen atoms in total. The third kappa shape index (κ3) is 3.64. The molecule has 0 N–H and O–H groups in total. The van der Waals surface area contributed by atoms with Crippen molar-refractivity contribution in [3.63, 3.8) is 0 Å². The lowest BCUT2D eigenvalue weighted by atomic mass is 9.89. The van der Waals surface area contributed by atoms with Crippen LogP contribution in [0.15, 0.2) is 42.5 Å². The van der Waals surface area contributed by atoms with Gasteiger partial charge in [0.05, 0.1) is 16.8 Å². The summed E-state index contributed by atoms with van der Waals surface area (Å²) in [4.78, 5) is 5.06. The fourth-order valence-corrected chi connectivity index (χ4v) is 4.50. The van der Waals surface area contributed by atoms with E-state index in [0.717, 1.165) is 36.4 Å². The van der Waals surface area contributed by atoms with E-state index in [1.807, 2.05) is 30.3 Å². The molecule has 0 amide bonds. The molecule has 1 saturated heterocycles. The topological polar surface area (TPSA) is 6.48 Å². The maximum Gasteiger partial charge on any atom is 0.0670 e. The van der Waals surface area contributed by atoms with Gasteiger partial charge in [-0.05, 0) is 48.7 Å². The summed E-state index contributed by atoms with van der Waals surface area (Å²) >= 11 is 18.7. The van der Waals surface area contributed by atoms with E-state index in [-0.39, 0.29) is 6.04 Å². The number of anilines is 1. The van der Waals surface area contributed by atoms with E-state index in [1.54, 1.807) is 0 Å². The van der Waals surface area contributed by atoms with E-state index in [0.29, 0.717) is 10.0 Å². The Kier molecular flexibility index (Phi) is 5.15. The van der Waals surface area contributed by atoms with Crippen LogP contribution in [-0.2, 0) is 0 Å². The van der Waals surface area contributed by atoms with Gasteiger partial charge in [0.25, 0.3) is 0 Å². The number of halogens is 3. The number of hydrogen-bond acceptors (Lipinski definition) is 2. The molecular formula is C20H21Cl3N2. The van der Waals surface area contributed by atoms with E-state index >= 15 is 0 Å². The minimum atomic E-state index is 0.269. The highest BCUT2D eigenvalue weighted by Gasteiger charge is 2.34. The second-order valence-electron chi connectivity index (χ2n) is 6.94. The first-order valence-corrected chi connectivity index (χ1v) is 9.96. The van der Waals surface area contributed by atoms with Gasteiger partial charge < -0.3 is 4.90 Å². The Hall–Kier alpha value is -0.930. The Morgan fingerprint density at radius 2 is 1.56 bits per heavy atom. The number of piperazine rings is 1. The smallest absolute Gasteiger partial charge is 0.0670 e. The van der Waals surface area contributed by atoms with Crippen molar-refractivity contribution in [1.29, 1.82) is 0 Å². The highest BCUT2D eigenvalue weighted by atomic mass is 35.5. The molecule has 2 fully saturated rings. The Morgan fingerprint density at radius 3 is 2.20 bits per heavy atom. The Bertz CT molecular complexity index is 743. The van der Waals surface area contributed by atoms with Crippen LogP contribution >= 0.6 is 34.8 Å². The van der Waals surface area contributed by atoms with Gasteiger partial charge in [-0.2, -0.15) is 0 Å². The molecule has 1 aliphatic heterocycles. The van der Waals surface area contributed by atoms with E-state index in [4.69, 9.17) is 34.8 Å². The maximum absolute atomic E-state index is 6.52. The molecular weight excluding hydrogens is 375 g/mol. The van der Waals surface area contributed by atoms with Crippen LogP contribution in [0.3, 0.4) is 0 Å². The highest BCUT2D eigenvalue weighted by molar-refractivity contribution is 6.36. The lowest BCUT2D eigenvalue weighted by Crippen LogP contribution is -2.53. The minimum absolute atomic E-state index is 0.269. The monoisotopic (exact) mass is 394 g/mol. The molecule has 0 radical (unpaired) electrons. The molecule has 1 saturated carbocycles. The molecule has 1 heterocycles. The zero-order valence-corrected chi connectivity index (χ0v) is 16.2. The molecule has 132 valence electrons. The third-order valence-corrected chi connectivity index (χ3v) is 6.27. The molecule has 1 unspecified atom stereocenters. The van der Waals surface area contributed by atoms with E-state index in [2.05, 4.69) is 21.9 Å². The molecule has 2 aromatic carbocycles. The Morgan fingerprint density at radius 1 is 0.840 bits per heavy atom. The maximum atomic E-state index is 6.52. The SMILES string of the molecule is Clc1ccc(C2CN(C3CCC3)CCN2c2ccc(Cl)cc2Cl)cc1. The number of nitrogens with zero attached hydrogens (tertiary/aromatic N) is 2. The molecule has 1 atom stereocenters. The van der Waals surface area contributed by atoms with Crippen LogP contribution in [0.25, 0.3) is 0 Å². The van der Waals surface area contributed by atoms with Gasteiger partial charge in [-0.15, -0.1) is 0 Å². The van der Waals surface area contributed by atoms with Crippen LogP contribution < -0.4 is 4.90 Å². The lowest BCUT2D eigenvalue weighted by Gasteiger charge is -2.48. The van der Waals surface area contributed by atoms with Crippen LogP contribution in [0.2, 0.25) is 15.1 Å². The zero-order chi connectivity index (χ0) is 17.4. The quantitative estimate of drug-likeness (QED) is 0.623. The molecule has 1 aliphatic carbocycles. The number of hydrogen-bond donors (Lipinski definition) is 0. The van der Waals surface area contributed by atoms with Gasteiger partial charge in [0.1, 0.15) is 0 Å². The molecule has 0 aromatic heterocycles. The highest BCUT2D eigenvalue weighted by Crippen LogP contribution is 2.38. The van der Waals surface area contributed by atoms with Crippen molar-refractivity contribution < 1.29 is 0 Å². The van der Waals surface area contributed by atoms with Crippen molar-refractivity contribution in [2.45, 2.75) is 31.3 Å². The van der Waals surface area contributed by atoms with Crippen LogP contribution in [0.5, 0.6) is 0 Å². The van der Waals surface area contributed by atoms with Crippen molar-refractivity contribution >= 4 is 40.5 Å². The standard InChI is InChI=1S/C20H21Cl3N2/c21-15-6-4-14(5-7-15)20-13-24(17-2-1-3-17)10-11-25(20)19-9-8-16(22)12-18(19)23/h4-9,12,17,20H,1-3,10-11,13H2. The number of benzene rings is 2. The Balaban J connectivity index is 1.67. The molecule has 0 bridgehead atoms. The zero-order valence-electron chi connectivity index (χ0n) is 14.0. The Labute approximate surface area is 164 Å². The summed E-state index contributed by atoms with van der Waals surface area (Å²) in [5.74, 6) is 0. The van der Waals surface area contributed by atoms with Gasteiger partial charge in [0.15, 0.2) is 0 Å². The summed E-state index contributed by atoms with van der Waals surface area (Å²) in [5.41, 5.74) is 2.33. The van der Waals surface area contributed by atoms with E-state index in [1.165, 1.54) is 24.8 Å². The minimum Gasteiger partial charge on any atom is -0.361 e. The second-order valence-corrected chi connectivity index (χ2v) is 8.22. The summed E-state index contributed by atoms with van der Waals surface area (Å²) < 4.78 is 0. The van der Waals surface area contributed by atoms with Gasteiger partial charge in [0, 0.05) is 35.7 Å². The fraction of sp³-hybridized carbons (Fsp3) is 0.400. The molecule has 25 heavy (non-hydrogen) atoms. The van der Waals surface area contributed by atoms with Gasteiger partial charge in [0.2, 0.25) is 0 Å². The summed E-state index contributed by atoms with van der Waals surface area (Å²) in [6, 6.07) is 15.0. The van der Waals surface area contributed by atoms with Crippen LogP contribution in [-0.4, -0.2) is 30.6 Å². The first kappa shape index (κ1) is 17.5. The van der Waals surface area contributed by atoms with Crippen LogP contribution in [0.4, 0.5) is 5.69 Å². The van der Waals surface area contributed by atoms with Crippen LogP contribution in [0.1, 0.15) is 30.9 Å². The summed E-state index contributed by atoms with van der Waals surface area (Å²) in [5, 5.41) is 2.15. The molecule has 4 rings (SSSR count). The summed E-state index contributed by atoms with van der Waals surface area (Å²) in [6.45, 7) is 3.06. The average molecular weight is 396 g/mol. The van der Waals surface area contributed by atoms with E-state index in [9.17, 15) is 0 Å². The summed E-state index contributed by atoms with van der Waals surface area (Å²) in [6.07, 6.45) is 4.02. The van der Waals surface area contributed by atoms with Crippen molar-refractivity contribution in [3.8, 4) is 0 Å². The van der Waals surface area contributed by atoms with Gasteiger partial charge >= 0.3 is 0 Å². The average Bonchev–Trinajstić information content (AvgIpc) is 2.54. The van der Waals surface area contributed by atoms with Gasteiger partial charge in [-0.25, -0.2) is 0 Å². The fourth-order valence-electron chi connectivity index (χ4n) is 3.86. The molecule has 2 aliphatic rings. The third-order valence-electron chi connectivity index (χ3n) is 5.48. The number of rotatable bonds is 3. The van der Waals surface area contributed by atoms with Crippen molar-refractivity contribution in [2.24, 2.45) is 0 Å². The van der Waals surface area contributed by atoms with Crippen molar-refractivity contribution in [3.05, 3.63) is 63.1 Å². The lowest BCUT2D eigenvalue weighted by molar-refractivity contribution is 0.103. The van der Waals surface area contributed by atoms with E-state index < -0.39 is 0 Å². The predicted molar refractivity (Wildman–Crippen MR) is 107 cm³/mol. The summed E-state index contributed by atoms with van der Waals surface area (Å²) in [7, 11) is 0. The largest absolute Gasteiger partial charge is 0.361 e. The van der Waals surface area contributed by atoms with Gasteiger partial charge in [-0.3, -0.25) is 4.90 Å². The van der Waals surface area contributed by atoms with Gasteiger partial charge in [-0.1, -0.05) is 53.4 Å². The normalized spacial score (nSPS) is 22.0. The van der Waals surface area contributed by atoms with Crippen molar-refractivity contribution in [2.75, 3.05) is 24.5 Å². The first-order valence-electron chi connectivity index (χ1n) is 8.83. The molecule has 0 spiro atoms. The second kappa shape index (κ2) is 7.36. The molecule has 5 heteroatoms. The first-order chi connectivity index (χ1) is 12.1. The van der Waals surface area contributed by atoms with Crippen molar-refractivity contribution in [1.82, 2.24) is 4.90 Å². The predicted octanol–water partition coefficient (Wildman–Crippen LogP) is 6.06. The van der Waals surface area contributed by atoms with Crippen LogP contribution in [0, 0.1) is 0 Å².